The van der Waals surface area contributed by atoms with Gasteiger partial charge in [-0.1, -0.05) is 6.42 Å². The van der Waals surface area contributed by atoms with Gasteiger partial charge in [0.15, 0.2) is 5.41 Å². The van der Waals surface area contributed by atoms with E-state index in [1.807, 2.05) is 0 Å². The zero-order chi connectivity index (χ0) is 12.5. The second kappa shape index (κ2) is 4.31. The second-order valence-electron chi connectivity index (χ2n) is 5.23. The molecule has 4 nitrogen and oxygen atoms in total. The van der Waals surface area contributed by atoms with E-state index in [4.69, 9.17) is 9.47 Å². The standard InChI is InChI=1S/C13H20O4/c1-3-16-10(14)13(11(15)17-4-2)8-12(9-13)6-5-7-12/h3-9H2,1-2H3. The van der Waals surface area contributed by atoms with Gasteiger partial charge in [0.05, 0.1) is 13.2 Å². The molecule has 2 rings (SSSR count). The molecule has 0 radical (unpaired) electrons. The maximum absolute atomic E-state index is 12.0. The summed E-state index contributed by atoms with van der Waals surface area (Å²) in [6, 6.07) is 0. The van der Waals surface area contributed by atoms with Gasteiger partial charge in [-0.15, -0.1) is 0 Å². The summed E-state index contributed by atoms with van der Waals surface area (Å²) < 4.78 is 10.1. The van der Waals surface area contributed by atoms with E-state index in [9.17, 15) is 9.59 Å². The Morgan fingerprint density at radius 2 is 1.47 bits per heavy atom. The quantitative estimate of drug-likeness (QED) is 0.557. The third kappa shape index (κ3) is 1.83. The lowest BCUT2D eigenvalue weighted by atomic mass is 9.45. The minimum absolute atomic E-state index is 0.236. The molecule has 96 valence electrons. The van der Waals surface area contributed by atoms with E-state index in [1.165, 1.54) is 6.42 Å². The molecule has 0 aromatic rings. The molecule has 0 aromatic carbocycles. The molecule has 0 N–H and O–H groups in total. The van der Waals surface area contributed by atoms with Crippen LogP contribution in [-0.2, 0) is 19.1 Å². The van der Waals surface area contributed by atoms with Crippen molar-refractivity contribution in [3.05, 3.63) is 0 Å². The Balaban J connectivity index is 2.08. The monoisotopic (exact) mass is 240 g/mol. The number of hydrogen-bond acceptors (Lipinski definition) is 4. The average Bonchev–Trinajstić information content (AvgIpc) is 2.14. The van der Waals surface area contributed by atoms with E-state index >= 15 is 0 Å². The Morgan fingerprint density at radius 3 is 1.76 bits per heavy atom. The molecule has 0 heterocycles. The lowest BCUT2D eigenvalue weighted by Gasteiger charge is -2.57. The number of carbonyl (C=O) groups is 2. The van der Waals surface area contributed by atoms with Gasteiger partial charge in [0, 0.05) is 0 Å². The van der Waals surface area contributed by atoms with Crippen molar-refractivity contribution in [2.45, 2.75) is 46.0 Å². The highest BCUT2D eigenvalue weighted by molar-refractivity contribution is 6.01. The summed E-state index contributed by atoms with van der Waals surface area (Å²) in [5.41, 5.74) is -0.758. The molecule has 17 heavy (non-hydrogen) atoms. The van der Waals surface area contributed by atoms with Crippen LogP contribution in [0.4, 0.5) is 0 Å². The largest absolute Gasteiger partial charge is 0.465 e. The van der Waals surface area contributed by atoms with Crippen LogP contribution < -0.4 is 0 Å². The van der Waals surface area contributed by atoms with Crippen LogP contribution in [0, 0.1) is 10.8 Å². The lowest BCUT2D eigenvalue weighted by Crippen LogP contribution is -2.59. The van der Waals surface area contributed by atoms with E-state index < -0.39 is 17.4 Å². The summed E-state index contributed by atoms with van der Waals surface area (Å²) in [6.07, 6.45) is 4.72. The second-order valence-corrected chi connectivity index (χ2v) is 5.23. The Kier molecular flexibility index (Phi) is 3.15. The van der Waals surface area contributed by atoms with Gasteiger partial charge in [-0.3, -0.25) is 9.59 Å². The third-order valence-corrected chi connectivity index (χ3v) is 4.10. The first-order valence-electron chi connectivity index (χ1n) is 6.43. The number of esters is 2. The van der Waals surface area contributed by atoms with E-state index in [0.29, 0.717) is 26.1 Å². The predicted octanol–water partition coefficient (Wildman–Crippen LogP) is 2.06. The van der Waals surface area contributed by atoms with Gasteiger partial charge in [-0.05, 0) is 44.9 Å². The van der Waals surface area contributed by atoms with Crippen molar-refractivity contribution in [2.75, 3.05) is 13.2 Å². The number of rotatable bonds is 4. The molecule has 2 saturated carbocycles. The number of hydrogen-bond donors (Lipinski definition) is 0. The van der Waals surface area contributed by atoms with E-state index in [-0.39, 0.29) is 5.41 Å². The SMILES string of the molecule is CCOC(=O)C1(C(=O)OCC)CC2(CCC2)C1. The minimum atomic E-state index is -0.994. The van der Waals surface area contributed by atoms with Crippen LogP contribution in [0.1, 0.15) is 46.0 Å². The van der Waals surface area contributed by atoms with Crippen LogP contribution >= 0.6 is 0 Å². The van der Waals surface area contributed by atoms with E-state index in [2.05, 4.69) is 0 Å². The van der Waals surface area contributed by atoms with Gasteiger partial charge >= 0.3 is 11.9 Å². The van der Waals surface area contributed by atoms with Crippen LogP contribution in [0.2, 0.25) is 0 Å². The normalized spacial score (nSPS) is 23.4. The predicted molar refractivity (Wildman–Crippen MR) is 61.2 cm³/mol. The Labute approximate surface area is 102 Å². The highest BCUT2D eigenvalue weighted by Crippen LogP contribution is 2.65. The Morgan fingerprint density at radius 1 is 1.00 bits per heavy atom. The molecular weight excluding hydrogens is 220 g/mol. The van der Waals surface area contributed by atoms with Gasteiger partial charge in [-0.25, -0.2) is 0 Å². The lowest BCUT2D eigenvalue weighted by molar-refractivity contribution is -0.198. The minimum Gasteiger partial charge on any atom is -0.465 e. The van der Waals surface area contributed by atoms with Crippen LogP contribution in [0.5, 0.6) is 0 Å². The molecule has 2 fully saturated rings. The molecule has 0 amide bonds. The molecule has 0 atom stereocenters. The summed E-state index contributed by atoms with van der Waals surface area (Å²) in [5.74, 6) is -0.785. The van der Waals surface area contributed by atoms with Gasteiger partial charge in [-0.2, -0.15) is 0 Å². The highest BCUT2D eigenvalue weighted by Gasteiger charge is 2.66. The van der Waals surface area contributed by atoms with Crippen molar-refractivity contribution in [1.82, 2.24) is 0 Å². The highest BCUT2D eigenvalue weighted by atomic mass is 16.6. The summed E-state index contributed by atoms with van der Waals surface area (Å²) in [7, 11) is 0. The molecule has 2 aliphatic carbocycles. The molecule has 0 aromatic heterocycles. The average molecular weight is 240 g/mol. The fraction of sp³-hybridized carbons (Fsp3) is 0.846. The fourth-order valence-corrected chi connectivity index (χ4v) is 3.17. The molecule has 0 unspecified atom stereocenters. The molecule has 0 saturated heterocycles. The van der Waals surface area contributed by atoms with Gasteiger partial charge < -0.3 is 9.47 Å². The smallest absolute Gasteiger partial charge is 0.323 e. The van der Waals surface area contributed by atoms with Gasteiger partial charge in [0.1, 0.15) is 0 Å². The van der Waals surface area contributed by atoms with E-state index in [1.54, 1.807) is 13.8 Å². The van der Waals surface area contributed by atoms with Crippen LogP contribution in [0.15, 0.2) is 0 Å². The first-order chi connectivity index (χ1) is 8.08. The van der Waals surface area contributed by atoms with Crippen molar-refractivity contribution in [3.8, 4) is 0 Å². The van der Waals surface area contributed by atoms with Crippen molar-refractivity contribution < 1.29 is 19.1 Å². The van der Waals surface area contributed by atoms with Crippen molar-refractivity contribution in [3.63, 3.8) is 0 Å². The van der Waals surface area contributed by atoms with E-state index in [0.717, 1.165) is 12.8 Å². The third-order valence-electron chi connectivity index (χ3n) is 4.10. The number of carbonyl (C=O) groups excluding carboxylic acids is 2. The van der Waals surface area contributed by atoms with Crippen LogP contribution in [0.25, 0.3) is 0 Å². The summed E-state index contributed by atoms with van der Waals surface area (Å²) >= 11 is 0. The van der Waals surface area contributed by atoms with Crippen LogP contribution in [-0.4, -0.2) is 25.2 Å². The number of ether oxygens (including phenoxy) is 2. The zero-order valence-corrected chi connectivity index (χ0v) is 10.6. The topological polar surface area (TPSA) is 52.6 Å². The Hall–Kier alpha value is -1.06. The van der Waals surface area contributed by atoms with Crippen molar-refractivity contribution >= 4 is 11.9 Å². The van der Waals surface area contributed by atoms with Gasteiger partial charge in [0.2, 0.25) is 0 Å². The molecule has 0 aliphatic heterocycles. The summed E-state index contributed by atoms with van der Waals surface area (Å²) in [6.45, 7) is 4.14. The molecule has 2 aliphatic rings. The van der Waals surface area contributed by atoms with Gasteiger partial charge in [0.25, 0.3) is 0 Å². The zero-order valence-electron chi connectivity index (χ0n) is 10.6. The first-order valence-corrected chi connectivity index (χ1v) is 6.43. The molecular formula is C13H20O4. The molecule has 4 heteroatoms. The summed E-state index contributed by atoms with van der Waals surface area (Å²) in [5, 5.41) is 0. The maximum Gasteiger partial charge on any atom is 0.323 e. The van der Waals surface area contributed by atoms with Crippen molar-refractivity contribution in [1.29, 1.82) is 0 Å². The van der Waals surface area contributed by atoms with Crippen LogP contribution in [0.3, 0.4) is 0 Å². The first kappa shape index (κ1) is 12.4. The maximum atomic E-state index is 12.0. The molecule has 0 bridgehead atoms. The summed E-state index contributed by atoms with van der Waals surface area (Å²) in [4.78, 5) is 23.9. The molecule has 1 spiro atoms. The van der Waals surface area contributed by atoms with Crippen molar-refractivity contribution in [2.24, 2.45) is 10.8 Å². The fourth-order valence-electron chi connectivity index (χ4n) is 3.17. The Bertz CT molecular complexity index is 302.